The van der Waals surface area contributed by atoms with Gasteiger partial charge in [-0.25, -0.2) is 18.1 Å². The molecule has 4 rings (SSSR count). The maximum atomic E-state index is 11.6. The van der Waals surface area contributed by atoms with Crippen LogP contribution >= 0.6 is 0 Å². The molecule has 1 fully saturated rings. The third kappa shape index (κ3) is 3.85. The average Bonchev–Trinajstić information content (AvgIpc) is 3.39. The fourth-order valence-corrected chi connectivity index (χ4v) is 3.59. The molecule has 1 saturated carbocycles. The van der Waals surface area contributed by atoms with Gasteiger partial charge in [-0.1, -0.05) is 42.5 Å². The number of aromatic nitrogens is 3. The van der Waals surface area contributed by atoms with E-state index < -0.39 is 9.84 Å². The number of hydrogen-bond acceptors (Lipinski definition) is 4. The Bertz CT molecular complexity index is 1000. The highest BCUT2D eigenvalue weighted by Gasteiger charge is 2.29. The van der Waals surface area contributed by atoms with Crippen LogP contribution in [-0.2, 0) is 22.8 Å². The van der Waals surface area contributed by atoms with Crippen molar-refractivity contribution in [1.82, 2.24) is 14.8 Å². The third-order valence-corrected chi connectivity index (χ3v) is 5.72. The minimum absolute atomic E-state index is 0.339. The highest BCUT2D eigenvalue weighted by atomic mass is 32.2. The van der Waals surface area contributed by atoms with Crippen molar-refractivity contribution in [3.05, 3.63) is 77.4 Å². The lowest BCUT2D eigenvalue weighted by Crippen LogP contribution is -2.08. The summed E-state index contributed by atoms with van der Waals surface area (Å²) in [7, 11) is -3.17. The van der Waals surface area contributed by atoms with Crippen molar-refractivity contribution in [3.63, 3.8) is 0 Å². The summed E-state index contributed by atoms with van der Waals surface area (Å²) in [6, 6.07) is 17.3. The molecule has 0 atom stereocenters. The molecular weight excluding hydrogens is 346 g/mol. The maximum Gasteiger partial charge on any atom is 0.175 e. The molecule has 0 saturated heterocycles. The van der Waals surface area contributed by atoms with E-state index >= 15 is 0 Å². The van der Waals surface area contributed by atoms with Crippen molar-refractivity contribution in [3.8, 4) is 0 Å². The number of benzene rings is 2. The van der Waals surface area contributed by atoms with E-state index in [4.69, 9.17) is 10.1 Å². The standard InChI is InChI=1S/C20H21N3O2S/c1-26(24,25)18-11-7-15(8-12-18)13-19-21-20(17-9-10-17)22-23(19)14-16-5-3-2-4-6-16/h2-8,11-12,17H,9-10,13-14H2,1H3. The van der Waals surface area contributed by atoms with Gasteiger partial charge in [0.1, 0.15) is 5.82 Å². The van der Waals surface area contributed by atoms with Gasteiger partial charge in [0.15, 0.2) is 15.7 Å². The Morgan fingerprint density at radius 2 is 1.69 bits per heavy atom. The quantitative estimate of drug-likeness (QED) is 0.671. The second kappa shape index (κ2) is 6.68. The molecule has 0 spiro atoms. The van der Waals surface area contributed by atoms with Crippen LogP contribution in [-0.4, -0.2) is 29.4 Å². The Labute approximate surface area is 153 Å². The lowest BCUT2D eigenvalue weighted by Gasteiger charge is -2.07. The molecule has 1 aliphatic carbocycles. The Kier molecular flexibility index (Phi) is 4.36. The van der Waals surface area contributed by atoms with Crippen LogP contribution in [0, 0.1) is 0 Å². The van der Waals surface area contributed by atoms with Gasteiger partial charge in [-0.15, -0.1) is 0 Å². The first-order valence-corrected chi connectivity index (χ1v) is 10.6. The summed E-state index contributed by atoms with van der Waals surface area (Å²) in [5.74, 6) is 2.35. The fourth-order valence-electron chi connectivity index (χ4n) is 2.96. The van der Waals surface area contributed by atoms with Gasteiger partial charge in [0.2, 0.25) is 0 Å². The van der Waals surface area contributed by atoms with E-state index in [2.05, 4.69) is 12.1 Å². The van der Waals surface area contributed by atoms with Crippen LogP contribution in [0.15, 0.2) is 59.5 Å². The Morgan fingerprint density at radius 3 is 2.31 bits per heavy atom. The van der Waals surface area contributed by atoms with E-state index in [1.807, 2.05) is 35.0 Å². The Balaban J connectivity index is 1.60. The third-order valence-electron chi connectivity index (χ3n) is 4.60. The predicted octanol–water partition coefficient (Wildman–Crippen LogP) is 3.20. The average molecular weight is 367 g/mol. The second-order valence-electron chi connectivity index (χ2n) is 6.90. The summed E-state index contributed by atoms with van der Waals surface area (Å²) in [6.07, 6.45) is 4.19. The summed E-state index contributed by atoms with van der Waals surface area (Å²) < 4.78 is 25.2. The van der Waals surface area contributed by atoms with Crippen molar-refractivity contribution in [2.24, 2.45) is 0 Å². The summed E-state index contributed by atoms with van der Waals surface area (Å²) in [4.78, 5) is 5.11. The second-order valence-corrected chi connectivity index (χ2v) is 8.91. The molecule has 1 aliphatic rings. The first-order chi connectivity index (χ1) is 12.5. The molecule has 3 aromatic rings. The first kappa shape index (κ1) is 17.0. The molecule has 6 heteroatoms. The normalized spacial score (nSPS) is 14.5. The summed E-state index contributed by atoms with van der Waals surface area (Å²) in [5.41, 5.74) is 2.22. The van der Waals surface area contributed by atoms with Crippen LogP contribution in [0.25, 0.3) is 0 Å². The van der Waals surface area contributed by atoms with Gasteiger partial charge in [0, 0.05) is 18.6 Å². The van der Waals surface area contributed by atoms with E-state index in [1.165, 1.54) is 11.8 Å². The predicted molar refractivity (Wildman–Crippen MR) is 99.9 cm³/mol. The topological polar surface area (TPSA) is 64.8 Å². The Morgan fingerprint density at radius 1 is 1.00 bits per heavy atom. The van der Waals surface area contributed by atoms with Gasteiger partial charge in [0.05, 0.1) is 11.4 Å². The van der Waals surface area contributed by atoms with Gasteiger partial charge in [-0.05, 0) is 36.1 Å². The van der Waals surface area contributed by atoms with Crippen LogP contribution < -0.4 is 0 Å². The SMILES string of the molecule is CS(=O)(=O)c1ccc(Cc2nc(C3CC3)nn2Cc2ccccc2)cc1. The number of rotatable bonds is 6. The molecule has 1 heterocycles. The highest BCUT2D eigenvalue weighted by molar-refractivity contribution is 7.90. The van der Waals surface area contributed by atoms with Crippen molar-refractivity contribution in [2.45, 2.75) is 36.6 Å². The number of sulfone groups is 1. The minimum atomic E-state index is -3.17. The molecule has 0 aliphatic heterocycles. The number of nitrogens with zero attached hydrogens (tertiary/aromatic N) is 3. The van der Waals surface area contributed by atoms with Crippen molar-refractivity contribution < 1.29 is 8.42 Å². The van der Waals surface area contributed by atoms with Gasteiger partial charge in [0.25, 0.3) is 0 Å². The maximum absolute atomic E-state index is 11.6. The lowest BCUT2D eigenvalue weighted by atomic mass is 10.1. The van der Waals surface area contributed by atoms with Crippen LogP contribution in [0.2, 0.25) is 0 Å². The summed E-state index contributed by atoms with van der Waals surface area (Å²) in [6.45, 7) is 0.692. The molecule has 0 radical (unpaired) electrons. The van der Waals surface area contributed by atoms with Gasteiger partial charge < -0.3 is 0 Å². The van der Waals surface area contributed by atoms with Crippen LogP contribution in [0.1, 0.15) is 41.5 Å². The van der Waals surface area contributed by atoms with E-state index in [0.29, 0.717) is 23.8 Å². The van der Waals surface area contributed by atoms with Crippen molar-refractivity contribution in [2.75, 3.05) is 6.26 Å². The minimum Gasteiger partial charge on any atom is -0.245 e. The van der Waals surface area contributed by atoms with Gasteiger partial charge in [-0.3, -0.25) is 0 Å². The molecule has 134 valence electrons. The lowest BCUT2D eigenvalue weighted by molar-refractivity contribution is 0.602. The summed E-state index contributed by atoms with van der Waals surface area (Å²) in [5, 5.41) is 4.73. The molecule has 1 aromatic heterocycles. The molecule has 5 nitrogen and oxygen atoms in total. The fraction of sp³-hybridized carbons (Fsp3) is 0.300. The van der Waals surface area contributed by atoms with Gasteiger partial charge in [-0.2, -0.15) is 5.10 Å². The molecule has 26 heavy (non-hydrogen) atoms. The monoisotopic (exact) mass is 367 g/mol. The van der Waals surface area contributed by atoms with Crippen molar-refractivity contribution >= 4 is 9.84 Å². The molecule has 0 bridgehead atoms. The van der Waals surface area contributed by atoms with Crippen LogP contribution in [0.3, 0.4) is 0 Å². The largest absolute Gasteiger partial charge is 0.245 e. The molecule has 0 amide bonds. The van der Waals surface area contributed by atoms with Crippen molar-refractivity contribution in [1.29, 1.82) is 0 Å². The first-order valence-electron chi connectivity index (χ1n) is 8.75. The van der Waals surface area contributed by atoms with E-state index in [1.54, 1.807) is 12.1 Å². The van der Waals surface area contributed by atoms with Crippen LogP contribution in [0.4, 0.5) is 0 Å². The van der Waals surface area contributed by atoms with Gasteiger partial charge >= 0.3 is 0 Å². The van der Waals surface area contributed by atoms with E-state index in [-0.39, 0.29) is 0 Å². The molecular formula is C20H21N3O2S. The summed E-state index contributed by atoms with van der Waals surface area (Å²) >= 11 is 0. The highest BCUT2D eigenvalue weighted by Crippen LogP contribution is 2.38. The molecule has 0 N–H and O–H groups in total. The molecule has 2 aromatic carbocycles. The number of hydrogen-bond donors (Lipinski definition) is 0. The zero-order chi connectivity index (χ0) is 18.1. The zero-order valence-electron chi connectivity index (χ0n) is 14.7. The molecule has 0 unspecified atom stereocenters. The smallest absolute Gasteiger partial charge is 0.175 e. The van der Waals surface area contributed by atoms with Crippen LogP contribution in [0.5, 0.6) is 0 Å². The van der Waals surface area contributed by atoms with E-state index in [9.17, 15) is 8.42 Å². The zero-order valence-corrected chi connectivity index (χ0v) is 15.5. The van der Waals surface area contributed by atoms with E-state index in [0.717, 1.165) is 30.1 Å². The Hall–Kier alpha value is -2.47.